The first kappa shape index (κ1) is 17.9. The van der Waals surface area contributed by atoms with E-state index in [2.05, 4.69) is 4.52 Å². The highest BCUT2D eigenvalue weighted by Crippen LogP contribution is 2.57. The Morgan fingerprint density at radius 2 is 1.65 bits per heavy atom. The molecule has 1 fully saturated rings. The molecule has 0 heterocycles. The van der Waals surface area contributed by atoms with Crippen molar-refractivity contribution >= 4 is 7.60 Å². The summed E-state index contributed by atoms with van der Waals surface area (Å²) in [6, 6.07) is 0. The van der Waals surface area contributed by atoms with Gasteiger partial charge in [-0.05, 0) is 19.3 Å². The molecular weight excluding hydrogens is 306 g/mol. The fourth-order valence-electron chi connectivity index (χ4n) is 2.02. The van der Waals surface area contributed by atoms with Gasteiger partial charge in [0.1, 0.15) is 0 Å². The van der Waals surface area contributed by atoms with Crippen LogP contribution in [0.3, 0.4) is 0 Å². The van der Waals surface area contributed by atoms with E-state index in [0.717, 1.165) is 19.3 Å². The van der Waals surface area contributed by atoms with Crippen molar-refractivity contribution in [1.82, 2.24) is 0 Å². The zero-order valence-corrected chi connectivity index (χ0v) is 12.0. The lowest BCUT2D eigenvalue weighted by molar-refractivity contribution is -0.363. The van der Waals surface area contributed by atoms with Crippen LogP contribution in [0, 0.1) is 0 Å². The highest BCUT2D eigenvalue weighted by atomic mass is 31.2. The third-order valence-corrected chi connectivity index (χ3v) is 5.06. The highest BCUT2D eigenvalue weighted by Gasteiger charge is 2.63. The van der Waals surface area contributed by atoms with Gasteiger partial charge in [0.15, 0.2) is 0 Å². The number of rotatable bonds is 6. The second-order valence-corrected chi connectivity index (χ2v) is 6.87. The van der Waals surface area contributed by atoms with Crippen molar-refractivity contribution in [1.29, 1.82) is 0 Å². The van der Waals surface area contributed by atoms with Crippen molar-refractivity contribution < 1.29 is 35.6 Å². The first-order valence-corrected chi connectivity index (χ1v) is 8.25. The summed E-state index contributed by atoms with van der Waals surface area (Å²) in [4.78, 5) is 0. The van der Waals surface area contributed by atoms with Gasteiger partial charge in [0.25, 0.3) is 0 Å². The van der Waals surface area contributed by atoms with Gasteiger partial charge in [-0.2, -0.15) is 22.0 Å². The van der Waals surface area contributed by atoms with Crippen LogP contribution in [-0.2, 0) is 13.6 Å². The lowest BCUT2D eigenvalue weighted by Crippen LogP contribution is -2.39. The summed E-state index contributed by atoms with van der Waals surface area (Å²) in [5.74, 6) is 0. The van der Waals surface area contributed by atoms with Gasteiger partial charge in [-0.1, -0.05) is 26.2 Å². The fraction of sp³-hybridized carbons (Fsp3) is 1.00. The summed E-state index contributed by atoms with van der Waals surface area (Å²) in [5, 5.41) is 0. The quantitative estimate of drug-likeness (QED) is 0.503. The summed E-state index contributed by atoms with van der Waals surface area (Å²) in [6.07, 6.45) is -8.82. The van der Waals surface area contributed by atoms with Crippen LogP contribution in [0.4, 0.5) is 22.0 Å². The molecule has 1 aliphatic rings. The lowest BCUT2D eigenvalue weighted by Gasteiger charge is -2.30. The predicted molar refractivity (Wildman–Crippen MR) is 62.8 cm³/mol. The summed E-state index contributed by atoms with van der Waals surface area (Å²) in [7, 11) is -4.48. The maximum atomic E-state index is 12.9. The molecular formula is C11H18F5O3P. The SMILES string of the molecule is CCCP(=O)(OC1CCCCC1)OC(F)(F)C(F)(F)F. The van der Waals surface area contributed by atoms with Crippen LogP contribution >= 0.6 is 7.60 Å². The van der Waals surface area contributed by atoms with Gasteiger partial charge >= 0.3 is 19.9 Å². The van der Waals surface area contributed by atoms with E-state index in [4.69, 9.17) is 4.52 Å². The molecule has 1 rings (SSSR count). The maximum Gasteiger partial charge on any atom is 0.483 e. The molecule has 0 bridgehead atoms. The molecule has 0 saturated heterocycles. The normalized spacial score (nSPS) is 21.7. The molecule has 0 aromatic rings. The Kier molecular flexibility index (Phi) is 5.99. The van der Waals surface area contributed by atoms with Gasteiger partial charge in [0, 0.05) is 0 Å². The smallest absolute Gasteiger partial charge is 0.305 e. The monoisotopic (exact) mass is 324 g/mol. The molecule has 0 spiro atoms. The predicted octanol–water partition coefficient (Wildman–Crippen LogP) is 5.11. The Hall–Kier alpha value is -0.200. The molecule has 0 aliphatic heterocycles. The van der Waals surface area contributed by atoms with E-state index in [1.165, 1.54) is 6.92 Å². The zero-order valence-electron chi connectivity index (χ0n) is 11.1. The van der Waals surface area contributed by atoms with Gasteiger partial charge in [-0.3, -0.25) is 4.57 Å². The molecule has 1 atom stereocenters. The maximum absolute atomic E-state index is 12.9. The molecule has 0 amide bonds. The number of hydrogen-bond donors (Lipinski definition) is 0. The van der Waals surface area contributed by atoms with Crippen LogP contribution in [-0.4, -0.2) is 24.6 Å². The van der Waals surface area contributed by atoms with E-state index in [1.807, 2.05) is 0 Å². The van der Waals surface area contributed by atoms with Crippen LogP contribution < -0.4 is 0 Å². The Morgan fingerprint density at radius 1 is 1.10 bits per heavy atom. The third-order valence-electron chi connectivity index (χ3n) is 2.94. The molecule has 20 heavy (non-hydrogen) atoms. The van der Waals surface area contributed by atoms with E-state index in [1.54, 1.807) is 0 Å². The van der Waals surface area contributed by atoms with Gasteiger partial charge in [-0.15, -0.1) is 0 Å². The van der Waals surface area contributed by atoms with Gasteiger partial charge in [0.05, 0.1) is 12.3 Å². The lowest BCUT2D eigenvalue weighted by atomic mass is 9.98. The van der Waals surface area contributed by atoms with E-state index in [-0.39, 0.29) is 6.42 Å². The summed E-state index contributed by atoms with van der Waals surface area (Å²) in [6.45, 7) is 1.51. The van der Waals surface area contributed by atoms with Gasteiger partial charge in [-0.25, -0.2) is 4.52 Å². The van der Waals surface area contributed by atoms with Gasteiger partial charge in [0.2, 0.25) is 0 Å². The molecule has 1 saturated carbocycles. The Balaban J connectivity index is 2.77. The molecule has 9 heteroatoms. The Morgan fingerprint density at radius 3 is 2.10 bits per heavy atom. The average molecular weight is 324 g/mol. The Labute approximate surface area is 114 Å². The second kappa shape index (κ2) is 6.71. The largest absolute Gasteiger partial charge is 0.483 e. The topological polar surface area (TPSA) is 35.5 Å². The van der Waals surface area contributed by atoms with Crippen LogP contribution in [0.25, 0.3) is 0 Å². The third kappa shape index (κ3) is 4.97. The standard InChI is InChI=1S/C11H18F5O3P/c1-2-8-20(17,18-9-6-4-3-5-7-9)19-11(15,16)10(12,13)14/h9H,2-8H2,1H3. The number of halogens is 5. The van der Waals surface area contributed by atoms with Crippen LogP contribution in [0.5, 0.6) is 0 Å². The first-order chi connectivity index (χ1) is 9.10. The van der Waals surface area contributed by atoms with E-state index >= 15 is 0 Å². The van der Waals surface area contributed by atoms with Crippen molar-refractivity contribution in [2.24, 2.45) is 0 Å². The molecule has 0 N–H and O–H groups in total. The molecule has 3 nitrogen and oxygen atoms in total. The summed E-state index contributed by atoms with van der Waals surface area (Å²) >= 11 is 0. The van der Waals surface area contributed by atoms with E-state index in [0.29, 0.717) is 12.8 Å². The summed E-state index contributed by atoms with van der Waals surface area (Å²) in [5.41, 5.74) is 0. The number of alkyl halides is 5. The van der Waals surface area contributed by atoms with Crippen molar-refractivity contribution in [3.8, 4) is 0 Å². The van der Waals surface area contributed by atoms with E-state index < -0.39 is 32.1 Å². The van der Waals surface area contributed by atoms with Crippen LogP contribution in [0.15, 0.2) is 0 Å². The molecule has 0 aromatic heterocycles. The van der Waals surface area contributed by atoms with Crippen LogP contribution in [0.2, 0.25) is 0 Å². The van der Waals surface area contributed by atoms with Crippen molar-refractivity contribution in [2.75, 3.05) is 6.16 Å². The van der Waals surface area contributed by atoms with Gasteiger partial charge < -0.3 is 4.52 Å². The Bertz CT molecular complexity index is 352. The van der Waals surface area contributed by atoms with Crippen molar-refractivity contribution in [3.63, 3.8) is 0 Å². The average Bonchev–Trinajstić information content (AvgIpc) is 2.27. The first-order valence-electron chi connectivity index (χ1n) is 6.52. The van der Waals surface area contributed by atoms with Crippen LogP contribution in [0.1, 0.15) is 45.4 Å². The molecule has 1 unspecified atom stereocenters. The molecule has 120 valence electrons. The van der Waals surface area contributed by atoms with Crippen molar-refractivity contribution in [2.45, 2.75) is 63.8 Å². The van der Waals surface area contributed by atoms with E-state index in [9.17, 15) is 26.5 Å². The molecule has 0 aromatic carbocycles. The minimum absolute atomic E-state index is 0.123. The highest BCUT2D eigenvalue weighted by molar-refractivity contribution is 7.53. The minimum atomic E-state index is -5.91. The zero-order chi connectivity index (χ0) is 15.4. The molecule has 1 aliphatic carbocycles. The van der Waals surface area contributed by atoms with Crippen molar-refractivity contribution in [3.05, 3.63) is 0 Å². The number of hydrogen-bond acceptors (Lipinski definition) is 3. The summed E-state index contributed by atoms with van der Waals surface area (Å²) < 4.78 is 82.9. The minimum Gasteiger partial charge on any atom is -0.305 e. The molecule has 0 radical (unpaired) electrons. The second-order valence-electron chi connectivity index (χ2n) is 4.81. The fourth-order valence-corrected chi connectivity index (χ4v) is 3.92.